The number of hydrogen-bond acceptors (Lipinski definition) is 11. The third kappa shape index (κ3) is 12.7. The number of hydrogen-bond donors (Lipinski definition) is 2. The van der Waals surface area contributed by atoms with Crippen LogP contribution in [0, 0.1) is 22.0 Å². The van der Waals surface area contributed by atoms with Crippen molar-refractivity contribution in [3.05, 3.63) is 62.2 Å². The first-order chi connectivity index (χ1) is 25.8. The summed E-state index contributed by atoms with van der Waals surface area (Å²) in [7, 11) is -5.06. The summed E-state index contributed by atoms with van der Waals surface area (Å²) in [6.45, 7) is 25.4. The highest BCUT2D eigenvalue weighted by Gasteiger charge is 2.53. The van der Waals surface area contributed by atoms with E-state index in [0.717, 1.165) is 6.07 Å². The first-order valence-corrected chi connectivity index (χ1v) is 24.3. The van der Waals surface area contributed by atoms with E-state index >= 15 is 0 Å². The molecule has 1 fully saturated rings. The van der Waals surface area contributed by atoms with E-state index in [0.29, 0.717) is 0 Å². The monoisotopic (exact) mass is 839 g/mol. The fourth-order valence-corrected chi connectivity index (χ4v) is 7.68. The van der Waals surface area contributed by atoms with Crippen molar-refractivity contribution in [2.75, 3.05) is 11.9 Å². The van der Waals surface area contributed by atoms with Crippen LogP contribution in [-0.2, 0) is 34.5 Å². The van der Waals surface area contributed by atoms with Gasteiger partial charge in [-0.2, -0.15) is 18.2 Å². The Morgan fingerprint density at radius 3 is 2.18 bits per heavy atom. The molecule has 1 aromatic heterocycles. The predicted octanol–water partition coefficient (Wildman–Crippen LogP) is 7.20. The van der Waals surface area contributed by atoms with Crippen LogP contribution in [0.5, 0.6) is 0 Å². The Kier molecular flexibility index (Phi) is 14.4. The van der Waals surface area contributed by atoms with E-state index in [-0.39, 0.29) is 45.7 Å². The lowest BCUT2D eigenvalue weighted by atomic mass is 10.1. The van der Waals surface area contributed by atoms with Gasteiger partial charge in [0.25, 0.3) is 5.69 Å². The minimum absolute atomic E-state index is 0.116. The third-order valence-electron chi connectivity index (χ3n) is 10.2. The van der Waals surface area contributed by atoms with E-state index in [1.807, 2.05) is 13.1 Å². The first kappa shape index (κ1) is 47.3. The number of nitrogens with zero attached hydrogens (tertiary/aromatic N) is 3. The van der Waals surface area contributed by atoms with Crippen molar-refractivity contribution < 1.29 is 46.0 Å². The fourth-order valence-electron chi connectivity index (χ4n) is 5.12. The van der Waals surface area contributed by atoms with Crippen LogP contribution in [0.2, 0.25) is 36.3 Å². The summed E-state index contributed by atoms with van der Waals surface area (Å²) < 4.78 is 64.6. The number of nitrogens with one attached hydrogen (secondary N) is 2. The van der Waals surface area contributed by atoms with Gasteiger partial charge in [0.05, 0.1) is 17.6 Å². The molecular formula is C38H56F3N5O9Si2. The quantitative estimate of drug-likeness (QED) is 0.0728. The Bertz CT molecular complexity index is 1920. The minimum Gasteiger partial charge on any atom is -0.458 e. The molecule has 3 rings (SSSR count). The van der Waals surface area contributed by atoms with Crippen LogP contribution in [0.3, 0.4) is 0 Å². The zero-order valence-electron chi connectivity index (χ0n) is 35.0. The van der Waals surface area contributed by atoms with Gasteiger partial charge in [0.2, 0.25) is 0 Å². The highest BCUT2D eigenvalue weighted by molar-refractivity contribution is 6.74. The molecule has 2 N–H and O–H groups in total. The average molecular weight is 840 g/mol. The summed E-state index contributed by atoms with van der Waals surface area (Å²) >= 11 is 0. The van der Waals surface area contributed by atoms with Gasteiger partial charge >= 0.3 is 23.7 Å². The average Bonchev–Trinajstić information content (AvgIpc) is 3.44. The summed E-state index contributed by atoms with van der Waals surface area (Å²) in [5, 5.41) is 15.9. The summed E-state index contributed by atoms with van der Waals surface area (Å²) in [4.78, 5) is 53.9. The highest BCUT2D eigenvalue weighted by Crippen LogP contribution is 2.44. The molecule has 14 nitrogen and oxygen atoms in total. The van der Waals surface area contributed by atoms with Gasteiger partial charge in [-0.15, -0.1) is 0 Å². The smallest absolute Gasteiger partial charge is 0.458 e. The van der Waals surface area contributed by atoms with Crippen LogP contribution in [0.1, 0.15) is 86.1 Å². The maximum absolute atomic E-state index is 14.0. The summed E-state index contributed by atoms with van der Waals surface area (Å²) in [5.74, 6) is 2.20. The molecule has 1 amide bonds. The van der Waals surface area contributed by atoms with E-state index < -0.39 is 82.0 Å². The number of benzene rings is 1. The van der Waals surface area contributed by atoms with Gasteiger partial charge in [-0.1, -0.05) is 53.4 Å². The first-order valence-electron chi connectivity index (χ1n) is 18.5. The lowest BCUT2D eigenvalue weighted by Crippen LogP contribution is -2.55. The SMILES string of the molecule is CC(C)(C)OC(=O)C(O[Si](C)(C)C(C)(C)C)[C@H]1O[C@@H](n2ccc(NCc3ccc(C#CCNC(=O)C(F)(F)F)cc3[N+](=O)[O-])nc2=O)C[C@@H]1O[Si](C)(C)C(C)(C)C. The molecule has 1 saturated heterocycles. The Morgan fingerprint density at radius 1 is 1.04 bits per heavy atom. The number of carbonyl (C=O) groups is 2. The number of esters is 1. The van der Waals surface area contributed by atoms with Crippen molar-refractivity contribution >= 4 is 40.0 Å². The van der Waals surface area contributed by atoms with Gasteiger partial charge in [-0.05, 0) is 75.2 Å². The standard InChI is InChI=1S/C38H56F3N5O9Si2/c1-35(2,3)53-32(47)31(55-57(12,13)37(7,8)9)30-27(54-56(10,11)36(4,5)6)22-29(52-30)45-20-18-28(44-34(45)49)43-23-25-17-16-24(21-26(25)46(50)51)15-14-19-42-33(48)38(39,40)41/h16-18,20-21,27,29-31H,19,22-23H2,1-13H3,(H,42,48)(H,43,44,49)/t27-,29+,30-,31?/m0/s1. The van der Waals surface area contributed by atoms with Gasteiger partial charge < -0.3 is 29.0 Å². The van der Waals surface area contributed by atoms with Gasteiger partial charge in [-0.3, -0.25) is 19.5 Å². The Morgan fingerprint density at radius 2 is 1.65 bits per heavy atom. The molecular weight excluding hydrogens is 784 g/mol. The number of carbonyl (C=O) groups excluding carboxylic acids is 2. The normalized spacial score (nSPS) is 18.6. The number of nitro groups is 1. The molecule has 1 aliphatic heterocycles. The molecule has 4 atom stereocenters. The molecule has 57 heavy (non-hydrogen) atoms. The van der Waals surface area contributed by atoms with E-state index in [4.69, 9.17) is 18.3 Å². The van der Waals surface area contributed by atoms with Crippen LogP contribution in [-0.4, -0.2) is 79.6 Å². The van der Waals surface area contributed by atoms with E-state index in [2.05, 4.69) is 76.8 Å². The zero-order chi connectivity index (χ0) is 43.5. The molecule has 0 spiro atoms. The highest BCUT2D eigenvalue weighted by atomic mass is 28.4. The van der Waals surface area contributed by atoms with Crippen LogP contribution < -0.4 is 16.3 Å². The molecule has 0 aliphatic carbocycles. The summed E-state index contributed by atoms with van der Waals surface area (Å²) in [5.41, 5.74) is -1.48. The van der Waals surface area contributed by atoms with E-state index in [1.165, 1.54) is 29.0 Å². The summed E-state index contributed by atoms with van der Waals surface area (Å²) in [6.07, 6.45) is -6.98. The zero-order valence-corrected chi connectivity index (χ0v) is 37.0. The molecule has 1 aromatic carbocycles. The predicted molar refractivity (Wildman–Crippen MR) is 213 cm³/mol. The van der Waals surface area contributed by atoms with Crippen molar-refractivity contribution in [2.24, 2.45) is 0 Å². The largest absolute Gasteiger partial charge is 0.471 e. The summed E-state index contributed by atoms with van der Waals surface area (Å²) in [6, 6.07) is 5.51. The van der Waals surface area contributed by atoms with Crippen molar-refractivity contribution in [3.8, 4) is 11.8 Å². The number of aromatic nitrogens is 2. The van der Waals surface area contributed by atoms with E-state index in [1.54, 1.807) is 26.1 Å². The number of anilines is 1. The number of alkyl halides is 3. The van der Waals surface area contributed by atoms with E-state index in [9.17, 15) is 37.7 Å². The van der Waals surface area contributed by atoms with Crippen molar-refractivity contribution in [2.45, 2.75) is 148 Å². The number of rotatable bonds is 12. The van der Waals surface area contributed by atoms with Crippen LogP contribution in [0.25, 0.3) is 0 Å². The van der Waals surface area contributed by atoms with Crippen LogP contribution >= 0.6 is 0 Å². The molecule has 0 radical (unpaired) electrons. The van der Waals surface area contributed by atoms with Crippen molar-refractivity contribution in [1.29, 1.82) is 0 Å². The number of amides is 1. The second kappa shape index (κ2) is 17.4. The lowest BCUT2D eigenvalue weighted by molar-refractivity contribution is -0.385. The molecule has 316 valence electrons. The van der Waals surface area contributed by atoms with Crippen molar-refractivity contribution in [1.82, 2.24) is 14.9 Å². The molecule has 1 aliphatic rings. The third-order valence-corrected chi connectivity index (χ3v) is 19.2. The number of ether oxygens (including phenoxy) is 2. The Labute approximate surface area is 334 Å². The Hall–Kier alpha value is -4.10. The topological polar surface area (TPSA) is 173 Å². The minimum atomic E-state index is -5.06. The maximum Gasteiger partial charge on any atom is 0.471 e. The molecule has 2 aromatic rings. The van der Waals surface area contributed by atoms with Gasteiger partial charge in [0.1, 0.15) is 23.8 Å². The van der Waals surface area contributed by atoms with Gasteiger partial charge in [0, 0.05) is 36.4 Å². The molecule has 19 heteroatoms. The lowest BCUT2D eigenvalue weighted by Gasteiger charge is -2.43. The second-order valence-electron chi connectivity index (χ2n) is 18.0. The van der Waals surface area contributed by atoms with Crippen LogP contribution in [0.15, 0.2) is 35.3 Å². The van der Waals surface area contributed by atoms with Gasteiger partial charge in [0.15, 0.2) is 22.7 Å². The fraction of sp³-hybridized carbons (Fsp3) is 0.632. The second-order valence-corrected chi connectivity index (χ2v) is 27.5. The number of nitro benzene ring substituents is 1. The number of halogens is 3. The Balaban J connectivity index is 1.91. The van der Waals surface area contributed by atoms with Crippen molar-refractivity contribution in [3.63, 3.8) is 0 Å². The van der Waals surface area contributed by atoms with Crippen LogP contribution in [0.4, 0.5) is 24.7 Å². The molecule has 0 bridgehead atoms. The van der Waals surface area contributed by atoms with Gasteiger partial charge in [-0.25, -0.2) is 9.59 Å². The molecule has 1 unspecified atom stereocenters. The molecule has 0 saturated carbocycles. The molecule has 2 heterocycles. The maximum atomic E-state index is 14.0.